The summed E-state index contributed by atoms with van der Waals surface area (Å²) in [6.45, 7) is 1.76. The summed E-state index contributed by atoms with van der Waals surface area (Å²) in [6, 6.07) is 3.76. The quantitative estimate of drug-likeness (QED) is 0.801. The van der Waals surface area contributed by atoms with E-state index >= 15 is 0 Å². The number of rotatable bonds is 2. The summed E-state index contributed by atoms with van der Waals surface area (Å²) in [4.78, 5) is 4.56. The van der Waals surface area contributed by atoms with E-state index in [1.807, 2.05) is 22.7 Å². The fourth-order valence-corrected chi connectivity index (χ4v) is 2.30. The van der Waals surface area contributed by atoms with Gasteiger partial charge >= 0.3 is 0 Å². The van der Waals surface area contributed by atoms with E-state index in [0.717, 1.165) is 42.4 Å². The van der Waals surface area contributed by atoms with Gasteiger partial charge in [0, 0.05) is 30.6 Å². The molecule has 1 atom stereocenters. The molecule has 0 saturated carbocycles. The zero-order chi connectivity index (χ0) is 11.0. The number of ether oxygens (including phenoxy) is 1. The van der Waals surface area contributed by atoms with Crippen molar-refractivity contribution >= 4 is 17.2 Å². The summed E-state index contributed by atoms with van der Waals surface area (Å²) in [5, 5.41) is 0.730. The number of hydrogen-bond acceptors (Lipinski definition) is 2. The lowest BCUT2D eigenvalue weighted by Crippen LogP contribution is -2.03. The molecule has 2 aromatic rings. The molecule has 1 saturated heterocycles. The third kappa shape index (κ3) is 1.93. The Balaban J connectivity index is 1.86. The Morgan fingerprint density at radius 1 is 1.56 bits per heavy atom. The topological polar surface area (TPSA) is 26.5 Å². The predicted octanol–water partition coefficient (Wildman–Crippen LogP) is 2.57. The molecule has 3 rings (SSSR count). The smallest absolute Gasteiger partial charge is 0.138 e. The minimum Gasteiger partial charge on any atom is -0.381 e. The van der Waals surface area contributed by atoms with Crippen LogP contribution in [0.1, 0.15) is 12.1 Å². The number of pyridine rings is 1. The normalized spacial score (nSPS) is 20.7. The van der Waals surface area contributed by atoms with Gasteiger partial charge in [-0.25, -0.2) is 4.98 Å². The first-order valence-corrected chi connectivity index (χ1v) is 5.90. The van der Waals surface area contributed by atoms with Gasteiger partial charge in [0.2, 0.25) is 0 Å². The molecule has 0 radical (unpaired) electrons. The molecule has 1 fully saturated rings. The van der Waals surface area contributed by atoms with Crippen LogP contribution in [0.4, 0.5) is 0 Å². The van der Waals surface area contributed by atoms with Crippen molar-refractivity contribution in [3.8, 4) is 0 Å². The predicted molar refractivity (Wildman–Crippen MR) is 62.8 cm³/mol. The van der Waals surface area contributed by atoms with E-state index in [4.69, 9.17) is 16.3 Å². The molecule has 16 heavy (non-hydrogen) atoms. The minimum absolute atomic E-state index is 0.625. The van der Waals surface area contributed by atoms with E-state index in [2.05, 4.69) is 11.2 Å². The number of imidazole rings is 1. The monoisotopic (exact) mass is 236 g/mol. The maximum atomic E-state index is 5.92. The first-order chi connectivity index (χ1) is 7.81. The van der Waals surface area contributed by atoms with Crippen LogP contribution in [0.3, 0.4) is 0 Å². The van der Waals surface area contributed by atoms with Crippen LogP contribution in [0.15, 0.2) is 24.5 Å². The Hall–Kier alpha value is -1.06. The van der Waals surface area contributed by atoms with Gasteiger partial charge in [0.15, 0.2) is 0 Å². The van der Waals surface area contributed by atoms with E-state index < -0.39 is 0 Å². The average molecular weight is 237 g/mol. The van der Waals surface area contributed by atoms with Gasteiger partial charge in [0.1, 0.15) is 5.65 Å². The highest BCUT2D eigenvalue weighted by Crippen LogP contribution is 2.19. The van der Waals surface area contributed by atoms with Crippen LogP contribution >= 0.6 is 11.6 Å². The van der Waals surface area contributed by atoms with E-state index in [0.29, 0.717) is 5.92 Å². The Labute approximate surface area is 99.0 Å². The summed E-state index contributed by atoms with van der Waals surface area (Å²) in [5.74, 6) is 0.625. The van der Waals surface area contributed by atoms with Crippen molar-refractivity contribution in [1.82, 2.24) is 9.38 Å². The fourth-order valence-electron chi connectivity index (χ4n) is 2.15. The second-order valence-electron chi connectivity index (χ2n) is 4.28. The molecule has 0 aliphatic carbocycles. The van der Waals surface area contributed by atoms with E-state index in [-0.39, 0.29) is 0 Å². The van der Waals surface area contributed by atoms with Crippen LogP contribution in [0.5, 0.6) is 0 Å². The lowest BCUT2D eigenvalue weighted by Gasteiger charge is -2.02. The second-order valence-corrected chi connectivity index (χ2v) is 4.71. The van der Waals surface area contributed by atoms with Crippen LogP contribution < -0.4 is 0 Å². The van der Waals surface area contributed by atoms with Crippen molar-refractivity contribution in [3.63, 3.8) is 0 Å². The summed E-state index contributed by atoms with van der Waals surface area (Å²) in [6.07, 6.45) is 6.16. The largest absolute Gasteiger partial charge is 0.381 e. The van der Waals surface area contributed by atoms with E-state index in [9.17, 15) is 0 Å². The first-order valence-electron chi connectivity index (χ1n) is 5.52. The molecule has 0 bridgehead atoms. The molecule has 1 aliphatic rings. The van der Waals surface area contributed by atoms with Crippen LogP contribution in [0.2, 0.25) is 5.02 Å². The second kappa shape index (κ2) is 4.07. The number of aromatic nitrogens is 2. The van der Waals surface area contributed by atoms with Gasteiger partial charge in [-0.1, -0.05) is 11.6 Å². The molecular formula is C12H13ClN2O. The van der Waals surface area contributed by atoms with Crippen molar-refractivity contribution < 1.29 is 4.74 Å². The van der Waals surface area contributed by atoms with E-state index in [1.165, 1.54) is 0 Å². The van der Waals surface area contributed by atoms with Gasteiger partial charge in [0.05, 0.1) is 5.69 Å². The zero-order valence-corrected chi connectivity index (χ0v) is 9.65. The van der Waals surface area contributed by atoms with Crippen molar-refractivity contribution in [2.75, 3.05) is 13.2 Å². The van der Waals surface area contributed by atoms with Crippen molar-refractivity contribution in [2.24, 2.45) is 5.92 Å². The van der Waals surface area contributed by atoms with Gasteiger partial charge in [-0.2, -0.15) is 0 Å². The molecule has 3 nitrogen and oxygen atoms in total. The summed E-state index contributed by atoms with van der Waals surface area (Å²) < 4.78 is 7.38. The SMILES string of the molecule is Clc1ccn2cc(CC3CCOC3)nc2c1. The summed E-state index contributed by atoms with van der Waals surface area (Å²) in [7, 11) is 0. The van der Waals surface area contributed by atoms with Crippen LogP contribution in [-0.4, -0.2) is 22.6 Å². The number of fused-ring (bicyclic) bond motifs is 1. The Morgan fingerprint density at radius 3 is 3.31 bits per heavy atom. The molecule has 1 aliphatic heterocycles. The fraction of sp³-hybridized carbons (Fsp3) is 0.417. The molecule has 84 valence electrons. The summed E-state index contributed by atoms with van der Waals surface area (Å²) >= 11 is 5.92. The van der Waals surface area contributed by atoms with Gasteiger partial charge in [-0.05, 0) is 30.9 Å². The Bertz CT molecular complexity index is 503. The van der Waals surface area contributed by atoms with Gasteiger partial charge in [0.25, 0.3) is 0 Å². The lowest BCUT2D eigenvalue weighted by atomic mass is 10.0. The minimum atomic E-state index is 0.625. The maximum Gasteiger partial charge on any atom is 0.138 e. The van der Waals surface area contributed by atoms with Gasteiger partial charge in [-0.3, -0.25) is 0 Å². The van der Waals surface area contributed by atoms with Crippen LogP contribution in [0.25, 0.3) is 5.65 Å². The number of nitrogens with zero attached hydrogens (tertiary/aromatic N) is 2. The lowest BCUT2D eigenvalue weighted by molar-refractivity contribution is 0.185. The number of hydrogen-bond donors (Lipinski definition) is 0. The molecule has 0 spiro atoms. The summed E-state index contributed by atoms with van der Waals surface area (Å²) in [5.41, 5.74) is 2.04. The molecule has 1 unspecified atom stereocenters. The Kier molecular flexibility index (Phi) is 2.58. The van der Waals surface area contributed by atoms with Crippen molar-refractivity contribution in [1.29, 1.82) is 0 Å². The first kappa shape index (κ1) is 10.1. The van der Waals surface area contributed by atoms with Gasteiger partial charge in [-0.15, -0.1) is 0 Å². The Morgan fingerprint density at radius 2 is 2.50 bits per heavy atom. The molecule has 0 N–H and O–H groups in total. The molecule has 4 heteroatoms. The standard InChI is InChI=1S/C12H13ClN2O/c13-10-1-3-15-7-11(14-12(15)6-10)5-9-2-4-16-8-9/h1,3,6-7,9H,2,4-5,8H2. The highest BCUT2D eigenvalue weighted by Gasteiger charge is 2.17. The average Bonchev–Trinajstić information content (AvgIpc) is 2.86. The molecule has 2 aromatic heterocycles. The van der Waals surface area contributed by atoms with Crippen LogP contribution in [-0.2, 0) is 11.2 Å². The van der Waals surface area contributed by atoms with Crippen molar-refractivity contribution in [2.45, 2.75) is 12.8 Å². The molecule has 3 heterocycles. The van der Waals surface area contributed by atoms with Gasteiger partial charge < -0.3 is 9.14 Å². The van der Waals surface area contributed by atoms with Crippen molar-refractivity contribution in [3.05, 3.63) is 35.2 Å². The third-order valence-electron chi connectivity index (χ3n) is 2.99. The number of halogens is 1. The third-order valence-corrected chi connectivity index (χ3v) is 3.23. The van der Waals surface area contributed by atoms with Crippen LogP contribution in [0, 0.1) is 5.92 Å². The highest BCUT2D eigenvalue weighted by atomic mass is 35.5. The molecule has 0 aromatic carbocycles. The maximum absolute atomic E-state index is 5.92. The molecule has 0 amide bonds. The molecular weight excluding hydrogens is 224 g/mol. The van der Waals surface area contributed by atoms with E-state index in [1.54, 1.807) is 0 Å². The zero-order valence-electron chi connectivity index (χ0n) is 8.90. The highest BCUT2D eigenvalue weighted by molar-refractivity contribution is 6.30.